The summed E-state index contributed by atoms with van der Waals surface area (Å²) in [6, 6.07) is 4.92. The van der Waals surface area contributed by atoms with E-state index in [4.69, 9.17) is 9.15 Å². The fraction of sp³-hybridized carbons (Fsp3) is 0.421. The average molecular weight is 409 g/mol. The van der Waals surface area contributed by atoms with Gasteiger partial charge in [0.05, 0.1) is 5.33 Å². The third kappa shape index (κ3) is 5.01. The van der Waals surface area contributed by atoms with Gasteiger partial charge in [-0.3, -0.25) is 9.59 Å². The molecule has 0 saturated heterocycles. The Morgan fingerprint density at radius 1 is 1.16 bits per heavy atom. The molecule has 0 aliphatic heterocycles. The predicted molar refractivity (Wildman–Crippen MR) is 99.8 cm³/mol. The van der Waals surface area contributed by atoms with E-state index in [2.05, 4.69) is 22.9 Å². The van der Waals surface area contributed by atoms with Crippen molar-refractivity contribution in [3.63, 3.8) is 0 Å². The Kier molecular flexibility index (Phi) is 6.93. The van der Waals surface area contributed by atoms with Crippen molar-refractivity contribution in [2.24, 2.45) is 0 Å². The van der Waals surface area contributed by atoms with Crippen molar-refractivity contribution >= 4 is 38.7 Å². The van der Waals surface area contributed by atoms with Gasteiger partial charge in [0, 0.05) is 18.4 Å². The lowest BCUT2D eigenvalue weighted by atomic mass is 10.0. The molecule has 0 spiro atoms. The number of ketones is 1. The quantitative estimate of drug-likeness (QED) is 0.161. The number of aryl methyl sites for hydroxylation is 1. The number of halogens is 1. The molecule has 0 unspecified atom stereocenters. The van der Waals surface area contributed by atoms with Crippen LogP contribution >= 0.6 is 15.9 Å². The maximum atomic E-state index is 12.0. The van der Waals surface area contributed by atoms with Crippen molar-refractivity contribution in [2.75, 3.05) is 5.33 Å². The Bertz CT molecular complexity index is 838. The SMILES string of the molecule is CCCCCCc1cc2cc(C(=O)CBr)c(=O)oc2cc1OC(C)=O. The summed E-state index contributed by atoms with van der Waals surface area (Å²) in [4.78, 5) is 35.2. The summed E-state index contributed by atoms with van der Waals surface area (Å²) in [5.41, 5.74) is 0.484. The van der Waals surface area contributed by atoms with E-state index in [0.717, 1.165) is 37.7 Å². The number of ether oxygens (including phenoxy) is 1. The maximum Gasteiger partial charge on any atom is 0.347 e. The van der Waals surface area contributed by atoms with Crippen LogP contribution in [0.3, 0.4) is 0 Å². The van der Waals surface area contributed by atoms with Crippen LogP contribution in [0, 0.1) is 0 Å². The van der Waals surface area contributed by atoms with Crippen molar-refractivity contribution in [2.45, 2.75) is 46.0 Å². The van der Waals surface area contributed by atoms with Crippen LogP contribution in [0.15, 0.2) is 27.4 Å². The lowest BCUT2D eigenvalue weighted by Crippen LogP contribution is -2.14. The highest BCUT2D eigenvalue weighted by atomic mass is 79.9. The number of hydrogen-bond acceptors (Lipinski definition) is 5. The number of hydrogen-bond donors (Lipinski definition) is 0. The lowest BCUT2D eigenvalue weighted by Gasteiger charge is -2.11. The minimum absolute atomic E-state index is 0.0153. The van der Waals surface area contributed by atoms with Gasteiger partial charge in [0.1, 0.15) is 16.9 Å². The number of alkyl halides is 1. The predicted octanol–water partition coefficient (Wildman–Crippen LogP) is 4.42. The monoisotopic (exact) mass is 408 g/mol. The van der Waals surface area contributed by atoms with Gasteiger partial charge in [-0.1, -0.05) is 42.1 Å². The number of fused-ring (bicyclic) bond motifs is 1. The first kappa shape index (κ1) is 19.4. The van der Waals surface area contributed by atoms with Gasteiger partial charge in [0.25, 0.3) is 0 Å². The fourth-order valence-corrected chi connectivity index (χ4v) is 2.95. The highest BCUT2D eigenvalue weighted by Crippen LogP contribution is 2.28. The van der Waals surface area contributed by atoms with E-state index in [-0.39, 0.29) is 16.7 Å². The zero-order chi connectivity index (χ0) is 18.4. The fourth-order valence-electron chi connectivity index (χ4n) is 2.65. The van der Waals surface area contributed by atoms with Gasteiger partial charge in [0.2, 0.25) is 0 Å². The first-order chi connectivity index (χ1) is 12.0. The average Bonchev–Trinajstić information content (AvgIpc) is 2.57. The van der Waals surface area contributed by atoms with Gasteiger partial charge in [-0.15, -0.1) is 0 Å². The van der Waals surface area contributed by atoms with E-state index in [9.17, 15) is 14.4 Å². The van der Waals surface area contributed by atoms with E-state index in [1.165, 1.54) is 13.0 Å². The second kappa shape index (κ2) is 8.94. The van der Waals surface area contributed by atoms with Crippen LogP contribution in [0.1, 0.15) is 55.5 Å². The van der Waals surface area contributed by atoms with E-state index >= 15 is 0 Å². The molecule has 0 atom stereocenters. The van der Waals surface area contributed by atoms with Crippen molar-refractivity contribution in [1.29, 1.82) is 0 Å². The van der Waals surface area contributed by atoms with Crippen LogP contribution < -0.4 is 10.4 Å². The van der Waals surface area contributed by atoms with Gasteiger partial charge in [-0.25, -0.2) is 4.79 Å². The molecule has 2 rings (SSSR count). The zero-order valence-corrected chi connectivity index (χ0v) is 16.0. The molecule has 0 saturated carbocycles. The summed E-state index contributed by atoms with van der Waals surface area (Å²) in [6.45, 7) is 3.48. The first-order valence-electron chi connectivity index (χ1n) is 8.34. The van der Waals surface area contributed by atoms with E-state index in [0.29, 0.717) is 16.7 Å². The molecule has 0 N–H and O–H groups in total. The van der Waals surface area contributed by atoms with Crippen molar-refractivity contribution in [3.8, 4) is 5.75 Å². The van der Waals surface area contributed by atoms with Gasteiger partial charge < -0.3 is 9.15 Å². The summed E-state index contributed by atoms with van der Waals surface area (Å²) < 4.78 is 10.5. The third-order valence-corrected chi connectivity index (χ3v) is 4.40. The molecule has 6 heteroatoms. The highest BCUT2D eigenvalue weighted by Gasteiger charge is 2.15. The van der Waals surface area contributed by atoms with Gasteiger partial charge in [-0.05, 0) is 30.5 Å². The molecule has 1 heterocycles. The Morgan fingerprint density at radius 3 is 2.56 bits per heavy atom. The molecule has 0 amide bonds. The summed E-state index contributed by atoms with van der Waals surface area (Å²) in [6.07, 6.45) is 5.09. The Balaban J connectivity index is 2.47. The molecule has 0 aliphatic rings. The zero-order valence-electron chi connectivity index (χ0n) is 14.4. The molecule has 0 radical (unpaired) electrons. The minimum Gasteiger partial charge on any atom is -0.426 e. The Hall–Kier alpha value is -1.95. The summed E-state index contributed by atoms with van der Waals surface area (Å²) in [7, 11) is 0. The van der Waals surface area contributed by atoms with Crippen LogP contribution in [0.4, 0.5) is 0 Å². The van der Waals surface area contributed by atoms with Gasteiger partial charge in [-0.2, -0.15) is 0 Å². The topological polar surface area (TPSA) is 73.6 Å². The summed E-state index contributed by atoms with van der Waals surface area (Å²) in [5, 5.41) is 0.698. The molecule has 0 bridgehead atoms. The van der Waals surface area contributed by atoms with Gasteiger partial charge >= 0.3 is 11.6 Å². The molecule has 134 valence electrons. The highest BCUT2D eigenvalue weighted by molar-refractivity contribution is 9.09. The third-order valence-electron chi connectivity index (χ3n) is 3.89. The molecule has 1 aromatic carbocycles. The van der Waals surface area contributed by atoms with E-state index in [1.807, 2.05) is 6.07 Å². The number of esters is 1. The van der Waals surface area contributed by atoms with Crippen LogP contribution in [-0.4, -0.2) is 17.1 Å². The molecule has 0 fully saturated rings. The molecule has 1 aromatic heterocycles. The smallest absolute Gasteiger partial charge is 0.347 e. The molecular formula is C19H21BrO5. The van der Waals surface area contributed by atoms with Crippen LogP contribution in [0.5, 0.6) is 5.75 Å². The lowest BCUT2D eigenvalue weighted by molar-refractivity contribution is -0.131. The minimum atomic E-state index is -0.693. The molecular weight excluding hydrogens is 388 g/mol. The Morgan fingerprint density at radius 2 is 1.92 bits per heavy atom. The van der Waals surface area contributed by atoms with Crippen molar-refractivity contribution in [3.05, 3.63) is 39.7 Å². The molecule has 5 nitrogen and oxygen atoms in total. The maximum absolute atomic E-state index is 12.0. The number of carbonyl (C=O) groups excluding carboxylic acids is 2. The first-order valence-corrected chi connectivity index (χ1v) is 9.46. The standard InChI is InChI=1S/C19H21BrO5/c1-3-4-5-6-7-13-8-14-9-15(16(22)11-20)19(23)25-18(14)10-17(13)24-12(2)21/h8-10H,3-7,11H2,1-2H3. The number of Topliss-reactive ketones (excluding diaryl/α,β-unsaturated/α-hetero) is 1. The van der Waals surface area contributed by atoms with E-state index < -0.39 is 11.6 Å². The van der Waals surface area contributed by atoms with Crippen molar-refractivity contribution < 1.29 is 18.7 Å². The Labute approximate surface area is 154 Å². The van der Waals surface area contributed by atoms with Crippen LogP contribution in [-0.2, 0) is 11.2 Å². The van der Waals surface area contributed by atoms with Crippen molar-refractivity contribution in [1.82, 2.24) is 0 Å². The van der Waals surface area contributed by atoms with Crippen LogP contribution in [0.2, 0.25) is 0 Å². The largest absolute Gasteiger partial charge is 0.426 e. The van der Waals surface area contributed by atoms with Gasteiger partial charge in [0.15, 0.2) is 5.78 Å². The second-order valence-electron chi connectivity index (χ2n) is 5.91. The molecule has 0 aliphatic carbocycles. The number of rotatable bonds is 8. The molecule has 25 heavy (non-hydrogen) atoms. The number of unbranched alkanes of at least 4 members (excludes halogenated alkanes) is 3. The molecule has 2 aromatic rings. The number of benzene rings is 1. The normalized spacial score (nSPS) is 10.8. The van der Waals surface area contributed by atoms with Crippen LogP contribution in [0.25, 0.3) is 11.0 Å². The van der Waals surface area contributed by atoms with E-state index in [1.54, 1.807) is 6.07 Å². The summed E-state index contributed by atoms with van der Waals surface area (Å²) >= 11 is 3.06. The second-order valence-corrected chi connectivity index (χ2v) is 6.47. The summed E-state index contributed by atoms with van der Waals surface area (Å²) in [5.74, 6) is -0.356. The number of carbonyl (C=O) groups is 2.